The molecule has 1 aliphatic heterocycles. The first-order valence-electron chi connectivity index (χ1n) is 7.39. The van der Waals surface area contributed by atoms with Gasteiger partial charge in [0.1, 0.15) is 6.33 Å². The summed E-state index contributed by atoms with van der Waals surface area (Å²) in [7, 11) is 0. The van der Waals surface area contributed by atoms with Gasteiger partial charge in [0, 0.05) is 17.0 Å². The predicted molar refractivity (Wildman–Crippen MR) is 84.9 cm³/mol. The summed E-state index contributed by atoms with van der Waals surface area (Å²) in [6.07, 6.45) is 1.72. The Morgan fingerprint density at radius 1 is 1.14 bits per heavy atom. The number of aromatic nitrogens is 3. The van der Waals surface area contributed by atoms with Crippen molar-refractivity contribution in [2.75, 3.05) is 4.90 Å². The van der Waals surface area contributed by atoms with Crippen LogP contribution in [0, 0.1) is 0 Å². The van der Waals surface area contributed by atoms with Gasteiger partial charge in [0.2, 0.25) is 0 Å². The summed E-state index contributed by atoms with van der Waals surface area (Å²) in [6, 6.07) is 12.1. The number of nitrogens with zero attached hydrogens (tertiary/aromatic N) is 4. The molecule has 1 aromatic heterocycles. The number of amides is 1. The quantitative estimate of drug-likeness (QED) is 0.745. The van der Waals surface area contributed by atoms with E-state index >= 15 is 0 Å². The van der Waals surface area contributed by atoms with E-state index in [9.17, 15) is 4.79 Å². The molecule has 2 heterocycles. The normalized spacial score (nSPS) is 13.6. The maximum absolute atomic E-state index is 12.8. The first kappa shape index (κ1) is 13.0. The molecule has 1 aliphatic rings. The van der Waals surface area contributed by atoms with Crippen molar-refractivity contribution < 1.29 is 4.79 Å². The zero-order chi connectivity index (χ0) is 15.3. The van der Waals surface area contributed by atoms with Crippen LogP contribution in [0.15, 0.2) is 42.7 Å². The maximum Gasteiger partial charge on any atom is 0.259 e. The SMILES string of the molecule is CC(C)n1cnnc1CN1C(=O)c2cccc3cccc1c23. The van der Waals surface area contributed by atoms with Gasteiger partial charge in [-0.1, -0.05) is 24.3 Å². The molecule has 5 nitrogen and oxygen atoms in total. The summed E-state index contributed by atoms with van der Waals surface area (Å²) >= 11 is 0. The topological polar surface area (TPSA) is 51.0 Å². The third kappa shape index (κ3) is 1.75. The van der Waals surface area contributed by atoms with Crippen LogP contribution in [0.2, 0.25) is 0 Å². The van der Waals surface area contributed by atoms with Gasteiger partial charge in [0.05, 0.1) is 12.2 Å². The van der Waals surface area contributed by atoms with E-state index < -0.39 is 0 Å². The first-order chi connectivity index (χ1) is 10.7. The Kier molecular flexibility index (Phi) is 2.76. The highest BCUT2D eigenvalue weighted by molar-refractivity contribution is 6.24. The molecule has 110 valence electrons. The van der Waals surface area contributed by atoms with Gasteiger partial charge in [-0.25, -0.2) is 0 Å². The van der Waals surface area contributed by atoms with Crippen molar-refractivity contribution in [1.29, 1.82) is 0 Å². The van der Waals surface area contributed by atoms with Gasteiger partial charge in [-0.15, -0.1) is 10.2 Å². The molecule has 0 saturated carbocycles. The van der Waals surface area contributed by atoms with Crippen molar-refractivity contribution in [3.8, 4) is 0 Å². The number of hydrogen-bond donors (Lipinski definition) is 0. The van der Waals surface area contributed by atoms with Crippen LogP contribution in [0.3, 0.4) is 0 Å². The fourth-order valence-electron chi connectivity index (χ4n) is 3.09. The predicted octanol–water partition coefficient (Wildman–Crippen LogP) is 3.17. The molecule has 0 radical (unpaired) electrons. The van der Waals surface area contributed by atoms with E-state index in [4.69, 9.17) is 0 Å². The maximum atomic E-state index is 12.8. The molecule has 1 amide bonds. The average Bonchev–Trinajstić information content (AvgIpc) is 3.08. The zero-order valence-electron chi connectivity index (χ0n) is 12.5. The average molecular weight is 292 g/mol. The van der Waals surface area contributed by atoms with Gasteiger partial charge < -0.3 is 9.47 Å². The summed E-state index contributed by atoms with van der Waals surface area (Å²) in [4.78, 5) is 14.5. The molecule has 0 saturated heterocycles. The lowest BCUT2D eigenvalue weighted by Crippen LogP contribution is -2.28. The molecule has 0 fully saturated rings. The number of hydrogen-bond acceptors (Lipinski definition) is 3. The minimum Gasteiger partial charge on any atom is -0.314 e. The van der Waals surface area contributed by atoms with Gasteiger partial charge in [-0.3, -0.25) is 4.79 Å². The fourth-order valence-corrected chi connectivity index (χ4v) is 3.09. The van der Waals surface area contributed by atoms with Crippen LogP contribution >= 0.6 is 0 Å². The highest BCUT2D eigenvalue weighted by Gasteiger charge is 2.30. The van der Waals surface area contributed by atoms with Gasteiger partial charge in [0.15, 0.2) is 5.82 Å². The van der Waals surface area contributed by atoms with Gasteiger partial charge in [-0.05, 0) is 31.4 Å². The standard InChI is InChI=1S/C17H16N4O/c1-11(2)21-10-18-19-15(21)9-20-14-8-4-6-12-5-3-7-13(16(12)14)17(20)22/h3-8,10-11H,9H2,1-2H3. The number of benzene rings is 2. The summed E-state index contributed by atoms with van der Waals surface area (Å²) in [5.74, 6) is 0.832. The monoisotopic (exact) mass is 292 g/mol. The van der Waals surface area contributed by atoms with E-state index in [1.54, 1.807) is 11.2 Å². The summed E-state index contributed by atoms with van der Waals surface area (Å²) in [5.41, 5.74) is 1.72. The van der Waals surface area contributed by atoms with Crippen LogP contribution < -0.4 is 4.90 Å². The lowest BCUT2D eigenvalue weighted by molar-refractivity contribution is 0.0990. The molecule has 0 spiro atoms. The second-order valence-corrected chi connectivity index (χ2v) is 5.82. The molecule has 0 aliphatic carbocycles. The summed E-state index contributed by atoms with van der Waals surface area (Å²) in [5, 5.41) is 10.3. The molecule has 0 atom stereocenters. The van der Waals surface area contributed by atoms with E-state index in [1.807, 2.05) is 41.0 Å². The Hall–Kier alpha value is -2.69. The molecule has 0 unspecified atom stereocenters. The fraction of sp³-hybridized carbons (Fsp3) is 0.235. The van der Waals surface area contributed by atoms with Gasteiger partial charge in [0.25, 0.3) is 5.91 Å². The largest absolute Gasteiger partial charge is 0.314 e. The zero-order valence-corrected chi connectivity index (χ0v) is 12.5. The number of anilines is 1. The van der Waals surface area contributed by atoms with Crippen molar-refractivity contribution in [1.82, 2.24) is 14.8 Å². The van der Waals surface area contributed by atoms with Gasteiger partial charge in [-0.2, -0.15) is 0 Å². The van der Waals surface area contributed by atoms with Crippen molar-refractivity contribution in [2.45, 2.75) is 26.4 Å². The number of carbonyl (C=O) groups is 1. The van der Waals surface area contributed by atoms with Crippen molar-refractivity contribution in [2.24, 2.45) is 0 Å². The van der Waals surface area contributed by atoms with Crippen LogP contribution in [0.5, 0.6) is 0 Å². The van der Waals surface area contributed by atoms with E-state index in [1.165, 1.54) is 0 Å². The molecule has 0 N–H and O–H groups in total. The van der Waals surface area contributed by atoms with E-state index in [-0.39, 0.29) is 11.9 Å². The number of carbonyl (C=O) groups excluding carboxylic acids is 1. The minimum absolute atomic E-state index is 0.0325. The second-order valence-electron chi connectivity index (χ2n) is 5.82. The molecule has 2 aromatic carbocycles. The van der Waals surface area contributed by atoms with Crippen LogP contribution in [-0.2, 0) is 6.54 Å². The van der Waals surface area contributed by atoms with Gasteiger partial charge >= 0.3 is 0 Å². The summed E-state index contributed by atoms with van der Waals surface area (Å²) < 4.78 is 2.00. The molecule has 5 heteroatoms. The molecule has 22 heavy (non-hydrogen) atoms. The van der Waals surface area contributed by atoms with Crippen LogP contribution in [0.4, 0.5) is 5.69 Å². The Morgan fingerprint density at radius 2 is 1.91 bits per heavy atom. The lowest BCUT2D eigenvalue weighted by atomic mass is 10.1. The van der Waals surface area contributed by atoms with E-state index in [2.05, 4.69) is 24.0 Å². The first-order valence-corrected chi connectivity index (χ1v) is 7.39. The summed E-state index contributed by atoms with van der Waals surface area (Å²) in [6.45, 7) is 4.59. The third-order valence-electron chi connectivity index (χ3n) is 4.15. The Labute approximate surface area is 128 Å². The Balaban J connectivity index is 1.80. The Bertz CT molecular complexity index is 876. The highest BCUT2D eigenvalue weighted by Crippen LogP contribution is 2.37. The molecular formula is C17H16N4O. The molecule has 4 rings (SSSR count). The lowest BCUT2D eigenvalue weighted by Gasteiger charge is -2.18. The van der Waals surface area contributed by atoms with Crippen LogP contribution in [0.1, 0.15) is 36.1 Å². The van der Waals surface area contributed by atoms with E-state index in [0.717, 1.165) is 27.8 Å². The molecule has 3 aromatic rings. The minimum atomic E-state index is 0.0325. The highest BCUT2D eigenvalue weighted by atomic mass is 16.2. The second kappa shape index (κ2) is 4.66. The van der Waals surface area contributed by atoms with Crippen molar-refractivity contribution in [3.63, 3.8) is 0 Å². The number of rotatable bonds is 3. The van der Waals surface area contributed by atoms with Crippen molar-refractivity contribution in [3.05, 3.63) is 54.1 Å². The molecule has 0 bridgehead atoms. The van der Waals surface area contributed by atoms with Crippen LogP contribution in [-0.4, -0.2) is 20.7 Å². The van der Waals surface area contributed by atoms with Crippen molar-refractivity contribution >= 4 is 22.4 Å². The molecular weight excluding hydrogens is 276 g/mol. The van der Waals surface area contributed by atoms with Crippen LogP contribution in [0.25, 0.3) is 10.8 Å². The smallest absolute Gasteiger partial charge is 0.259 e. The Morgan fingerprint density at radius 3 is 2.68 bits per heavy atom. The third-order valence-corrected chi connectivity index (χ3v) is 4.15. The van der Waals surface area contributed by atoms with E-state index in [0.29, 0.717) is 6.54 Å².